The summed E-state index contributed by atoms with van der Waals surface area (Å²) in [7, 11) is 2.11. The lowest BCUT2D eigenvalue weighted by molar-refractivity contribution is 0.452. The van der Waals surface area contributed by atoms with Gasteiger partial charge < -0.3 is 4.90 Å². The molecule has 0 saturated carbocycles. The van der Waals surface area contributed by atoms with Crippen molar-refractivity contribution in [2.24, 2.45) is 0 Å². The van der Waals surface area contributed by atoms with Crippen LogP contribution in [0.2, 0.25) is 0 Å². The maximum absolute atomic E-state index is 4.35. The van der Waals surface area contributed by atoms with E-state index in [0.29, 0.717) is 5.25 Å². The van der Waals surface area contributed by atoms with Crippen LogP contribution in [-0.4, -0.2) is 23.7 Å². The van der Waals surface area contributed by atoms with E-state index in [9.17, 15) is 0 Å². The Hall–Kier alpha value is -0.370. The molecule has 0 heterocycles. The van der Waals surface area contributed by atoms with E-state index in [1.807, 2.05) is 0 Å². The van der Waals surface area contributed by atoms with Crippen molar-refractivity contribution in [1.82, 2.24) is 4.90 Å². The normalized spacial score (nSPS) is 23.2. The highest BCUT2D eigenvalue weighted by molar-refractivity contribution is 7.81. The topological polar surface area (TPSA) is 3.24 Å². The summed E-state index contributed by atoms with van der Waals surface area (Å²) in [6.45, 7) is 3.22. The third-order valence-corrected chi connectivity index (χ3v) is 2.36. The molecule has 0 aromatic rings. The van der Waals surface area contributed by atoms with Gasteiger partial charge in [0.05, 0.1) is 0 Å². The van der Waals surface area contributed by atoms with Gasteiger partial charge in [0.2, 0.25) is 0 Å². The molecule has 0 amide bonds. The minimum Gasteiger partial charge on any atom is -0.375 e. The van der Waals surface area contributed by atoms with Crippen molar-refractivity contribution in [1.29, 1.82) is 0 Å². The van der Waals surface area contributed by atoms with E-state index >= 15 is 0 Å². The third kappa shape index (κ3) is 2.29. The smallest absolute Gasteiger partial charge is 0.0320 e. The highest BCUT2D eigenvalue weighted by Gasteiger charge is 2.05. The van der Waals surface area contributed by atoms with Crippen molar-refractivity contribution in [2.75, 3.05) is 13.6 Å². The molecule has 11 heavy (non-hydrogen) atoms. The van der Waals surface area contributed by atoms with E-state index in [4.69, 9.17) is 0 Å². The lowest BCUT2D eigenvalue weighted by Crippen LogP contribution is -2.17. The SMILES string of the molecule is CCN(C)C1=CCC(S)C=C1. The molecule has 2 heteroatoms. The molecule has 1 aliphatic carbocycles. The Balaban J connectivity index is 2.55. The van der Waals surface area contributed by atoms with Crippen molar-refractivity contribution in [2.45, 2.75) is 18.6 Å². The van der Waals surface area contributed by atoms with E-state index in [1.165, 1.54) is 5.70 Å². The number of thiol groups is 1. The van der Waals surface area contributed by atoms with Gasteiger partial charge in [-0.05, 0) is 19.4 Å². The zero-order valence-electron chi connectivity index (χ0n) is 7.12. The Kier molecular flexibility index (Phi) is 3.06. The second-order valence-electron chi connectivity index (χ2n) is 2.81. The van der Waals surface area contributed by atoms with Crippen LogP contribution in [0, 0.1) is 0 Å². The zero-order chi connectivity index (χ0) is 8.27. The molecule has 0 radical (unpaired) electrons. The van der Waals surface area contributed by atoms with Crippen LogP contribution in [0.4, 0.5) is 0 Å². The fourth-order valence-electron chi connectivity index (χ4n) is 1.06. The summed E-state index contributed by atoms with van der Waals surface area (Å²) in [4.78, 5) is 2.23. The van der Waals surface area contributed by atoms with Gasteiger partial charge in [-0.25, -0.2) is 0 Å². The van der Waals surface area contributed by atoms with Gasteiger partial charge >= 0.3 is 0 Å². The summed E-state index contributed by atoms with van der Waals surface area (Å²) in [6, 6.07) is 0. The highest BCUT2D eigenvalue weighted by Crippen LogP contribution is 2.16. The van der Waals surface area contributed by atoms with Crippen molar-refractivity contribution >= 4 is 12.6 Å². The molecule has 0 N–H and O–H groups in total. The molecule has 0 aromatic carbocycles. The molecule has 1 nitrogen and oxygen atoms in total. The van der Waals surface area contributed by atoms with Gasteiger partial charge in [0, 0.05) is 24.5 Å². The van der Waals surface area contributed by atoms with Crippen molar-refractivity contribution in [3.05, 3.63) is 23.9 Å². The minimum absolute atomic E-state index is 0.420. The predicted molar refractivity (Wildman–Crippen MR) is 52.9 cm³/mol. The van der Waals surface area contributed by atoms with Gasteiger partial charge in [-0.3, -0.25) is 0 Å². The minimum atomic E-state index is 0.420. The number of likely N-dealkylation sites (N-methyl/N-ethyl adjacent to an activating group) is 1. The number of allylic oxidation sites excluding steroid dienone is 2. The van der Waals surface area contributed by atoms with Crippen molar-refractivity contribution < 1.29 is 0 Å². The first kappa shape index (κ1) is 8.72. The second kappa shape index (κ2) is 3.86. The summed E-state index contributed by atoms with van der Waals surface area (Å²) < 4.78 is 0. The van der Waals surface area contributed by atoms with Gasteiger partial charge in [0.25, 0.3) is 0 Å². The lowest BCUT2D eigenvalue weighted by atomic mass is 10.1. The van der Waals surface area contributed by atoms with Gasteiger partial charge in [-0.15, -0.1) is 0 Å². The van der Waals surface area contributed by atoms with E-state index in [2.05, 4.69) is 49.7 Å². The largest absolute Gasteiger partial charge is 0.375 e. The third-order valence-electron chi connectivity index (χ3n) is 1.97. The highest BCUT2D eigenvalue weighted by atomic mass is 32.1. The van der Waals surface area contributed by atoms with Crippen molar-refractivity contribution in [3.8, 4) is 0 Å². The van der Waals surface area contributed by atoms with E-state index in [0.717, 1.165) is 13.0 Å². The van der Waals surface area contributed by atoms with Gasteiger partial charge in [0.15, 0.2) is 0 Å². The first-order valence-electron chi connectivity index (χ1n) is 4.01. The van der Waals surface area contributed by atoms with Crippen molar-refractivity contribution in [3.63, 3.8) is 0 Å². The molecule has 0 saturated heterocycles. The maximum atomic E-state index is 4.35. The lowest BCUT2D eigenvalue weighted by Gasteiger charge is -2.21. The molecule has 62 valence electrons. The zero-order valence-corrected chi connectivity index (χ0v) is 8.01. The molecule has 0 spiro atoms. The van der Waals surface area contributed by atoms with Crippen LogP contribution >= 0.6 is 12.6 Å². The summed E-state index contributed by atoms with van der Waals surface area (Å²) >= 11 is 4.35. The monoisotopic (exact) mass is 169 g/mol. The summed E-state index contributed by atoms with van der Waals surface area (Å²) in [6.07, 6.45) is 7.58. The summed E-state index contributed by atoms with van der Waals surface area (Å²) in [5, 5.41) is 0.420. The molecule has 0 bridgehead atoms. The molecule has 0 aromatic heterocycles. The Bertz CT molecular complexity index is 184. The fourth-order valence-corrected chi connectivity index (χ4v) is 1.25. The number of rotatable bonds is 2. The number of hydrogen-bond acceptors (Lipinski definition) is 2. The molecular weight excluding hydrogens is 154 g/mol. The number of nitrogens with zero attached hydrogens (tertiary/aromatic N) is 1. The average Bonchev–Trinajstić information content (AvgIpc) is 2.05. The van der Waals surface area contributed by atoms with Crippen LogP contribution in [0.1, 0.15) is 13.3 Å². The Morgan fingerprint density at radius 2 is 2.45 bits per heavy atom. The quantitative estimate of drug-likeness (QED) is 0.619. The first-order chi connectivity index (χ1) is 5.24. The van der Waals surface area contributed by atoms with Crippen LogP contribution < -0.4 is 0 Å². The Morgan fingerprint density at radius 1 is 1.73 bits per heavy atom. The van der Waals surface area contributed by atoms with Gasteiger partial charge in [-0.1, -0.05) is 12.2 Å². The summed E-state index contributed by atoms with van der Waals surface area (Å²) in [5.74, 6) is 0. The second-order valence-corrected chi connectivity index (χ2v) is 3.47. The Morgan fingerprint density at radius 3 is 2.91 bits per heavy atom. The molecule has 1 aliphatic rings. The molecule has 1 unspecified atom stereocenters. The van der Waals surface area contributed by atoms with Gasteiger partial charge in [-0.2, -0.15) is 12.6 Å². The average molecular weight is 169 g/mol. The van der Waals surface area contributed by atoms with E-state index in [-0.39, 0.29) is 0 Å². The van der Waals surface area contributed by atoms with Gasteiger partial charge in [0.1, 0.15) is 0 Å². The summed E-state index contributed by atoms with van der Waals surface area (Å²) in [5.41, 5.74) is 1.32. The first-order valence-corrected chi connectivity index (χ1v) is 4.53. The van der Waals surface area contributed by atoms with Crippen LogP contribution in [-0.2, 0) is 0 Å². The van der Waals surface area contributed by atoms with Crippen LogP contribution in [0.3, 0.4) is 0 Å². The molecule has 1 atom stereocenters. The molecule has 0 fully saturated rings. The maximum Gasteiger partial charge on any atom is 0.0320 e. The fraction of sp³-hybridized carbons (Fsp3) is 0.556. The molecular formula is C9H15NS. The Labute approximate surface area is 74.2 Å². The molecule has 1 rings (SSSR count). The standard InChI is InChI=1S/C9H15NS/c1-3-10(2)8-4-6-9(11)7-5-8/h4-6,9,11H,3,7H2,1-2H3. The van der Waals surface area contributed by atoms with E-state index in [1.54, 1.807) is 0 Å². The van der Waals surface area contributed by atoms with Crippen LogP contribution in [0.15, 0.2) is 23.9 Å². The molecule has 0 aliphatic heterocycles. The van der Waals surface area contributed by atoms with Crippen LogP contribution in [0.25, 0.3) is 0 Å². The number of hydrogen-bond donors (Lipinski definition) is 1. The van der Waals surface area contributed by atoms with E-state index < -0.39 is 0 Å². The van der Waals surface area contributed by atoms with Crippen LogP contribution in [0.5, 0.6) is 0 Å². The predicted octanol–water partition coefficient (Wildman–Crippen LogP) is 2.08.